The Morgan fingerprint density at radius 1 is 1.33 bits per heavy atom. The molecular weight excluding hydrogens is 306 g/mol. The van der Waals surface area contributed by atoms with Gasteiger partial charge in [0.2, 0.25) is 0 Å². The second-order valence-electron chi connectivity index (χ2n) is 5.99. The van der Waals surface area contributed by atoms with Gasteiger partial charge in [-0.15, -0.1) is 0 Å². The highest BCUT2D eigenvalue weighted by Gasteiger charge is 2.24. The molecule has 0 aromatic carbocycles. The Hall–Kier alpha value is -2.67. The molecule has 4 heterocycles. The minimum Gasteiger partial charge on any atom is -0.486 e. The summed E-state index contributed by atoms with van der Waals surface area (Å²) in [6, 6.07) is 3.73. The first-order chi connectivity index (χ1) is 11.8. The van der Waals surface area contributed by atoms with Crippen molar-refractivity contribution in [1.82, 2.24) is 24.8 Å². The molecule has 0 amide bonds. The summed E-state index contributed by atoms with van der Waals surface area (Å²) in [4.78, 5) is 6.43. The summed E-state index contributed by atoms with van der Waals surface area (Å²) in [5.74, 6) is 1.71. The van der Waals surface area contributed by atoms with E-state index in [1.54, 1.807) is 12.4 Å². The van der Waals surface area contributed by atoms with Gasteiger partial charge in [0, 0.05) is 56.6 Å². The fraction of sp³-hybridized carbons (Fsp3) is 0.353. The molecule has 124 valence electrons. The van der Waals surface area contributed by atoms with Gasteiger partial charge in [0.25, 0.3) is 0 Å². The van der Waals surface area contributed by atoms with Crippen LogP contribution in [0.25, 0.3) is 0 Å². The van der Waals surface area contributed by atoms with Crippen LogP contribution in [0.15, 0.2) is 41.4 Å². The van der Waals surface area contributed by atoms with Crippen LogP contribution in [0.1, 0.15) is 22.6 Å². The molecule has 1 aliphatic rings. The lowest BCUT2D eigenvalue weighted by Gasteiger charge is -2.25. The number of aryl methyl sites for hydroxylation is 1. The zero-order valence-electron chi connectivity index (χ0n) is 13.6. The van der Waals surface area contributed by atoms with Gasteiger partial charge in [-0.2, -0.15) is 5.10 Å². The fourth-order valence-electron chi connectivity index (χ4n) is 2.96. The molecule has 3 aromatic rings. The van der Waals surface area contributed by atoms with E-state index in [0.717, 1.165) is 48.8 Å². The van der Waals surface area contributed by atoms with Crippen LogP contribution in [-0.2, 0) is 33.2 Å². The summed E-state index contributed by atoms with van der Waals surface area (Å²) in [5.41, 5.74) is 3.23. The second-order valence-corrected chi connectivity index (χ2v) is 5.99. The topological polar surface area (TPSA) is 69.2 Å². The molecule has 0 spiro atoms. The normalized spacial score (nSPS) is 14.5. The number of ether oxygens (including phenoxy) is 1. The maximum Gasteiger partial charge on any atom is 0.142 e. The van der Waals surface area contributed by atoms with E-state index < -0.39 is 0 Å². The van der Waals surface area contributed by atoms with Crippen molar-refractivity contribution in [2.75, 3.05) is 6.54 Å². The van der Waals surface area contributed by atoms with E-state index in [0.29, 0.717) is 6.61 Å². The molecule has 24 heavy (non-hydrogen) atoms. The summed E-state index contributed by atoms with van der Waals surface area (Å²) >= 11 is 0. The van der Waals surface area contributed by atoms with E-state index in [-0.39, 0.29) is 0 Å². The molecule has 0 fully saturated rings. The van der Waals surface area contributed by atoms with Gasteiger partial charge < -0.3 is 9.26 Å². The molecule has 0 saturated heterocycles. The standard InChI is InChI=1S/C17H19N5O2/c1-21-9-13(7-19-21)10-22-6-4-17-15(11-22)16(20-24-17)12-23-14-3-2-5-18-8-14/h2-3,5,7-9H,4,6,10-12H2,1H3. The van der Waals surface area contributed by atoms with Gasteiger partial charge in [0.15, 0.2) is 0 Å². The van der Waals surface area contributed by atoms with Crippen LogP contribution in [0.4, 0.5) is 0 Å². The number of aromatic nitrogens is 4. The van der Waals surface area contributed by atoms with Crippen molar-refractivity contribution in [2.24, 2.45) is 7.05 Å². The van der Waals surface area contributed by atoms with Crippen LogP contribution in [0.2, 0.25) is 0 Å². The molecule has 0 aliphatic carbocycles. The van der Waals surface area contributed by atoms with Gasteiger partial charge in [-0.1, -0.05) is 5.16 Å². The van der Waals surface area contributed by atoms with Gasteiger partial charge in [-0.3, -0.25) is 14.6 Å². The van der Waals surface area contributed by atoms with Gasteiger partial charge in [0.1, 0.15) is 23.8 Å². The van der Waals surface area contributed by atoms with E-state index in [2.05, 4.69) is 26.3 Å². The van der Waals surface area contributed by atoms with Crippen molar-refractivity contribution in [3.8, 4) is 5.75 Å². The Kier molecular flexibility index (Phi) is 4.00. The third kappa shape index (κ3) is 3.16. The molecule has 7 nitrogen and oxygen atoms in total. The van der Waals surface area contributed by atoms with Crippen molar-refractivity contribution >= 4 is 0 Å². The van der Waals surface area contributed by atoms with Crippen molar-refractivity contribution in [2.45, 2.75) is 26.1 Å². The third-order valence-electron chi connectivity index (χ3n) is 4.16. The predicted molar refractivity (Wildman–Crippen MR) is 86.1 cm³/mol. The first-order valence-corrected chi connectivity index (χ1v) is 7.97. The fourth-order valence-corrected chi connectivity index (χ4v) is 2.96. The summed E-state index contributed by atoms with van der Waals surface area (Å²) in [6.07, 6.45) is 8.25. The number of rotatable bonds is 5. The molecule has 0 unspecified atom stereocenters. The molecule has 4 rings (SSSR count). The lowest BCUT2D eigenvalue weighted by molar-refractivity contribution is 0.228. The smallest absolute Gasteiger partial charge is 0.142 e. The number of hydrogen-bond acceptors (Lipinski definition) is 6. The van der Waals surface area contributed by atoms with Crippen LogP contribution in [0.3, 0.4) is 0 Å². The maximum atomic E-state index is 5.76. The monoisotopic (exact) mass is 325 g/mol. The summed E-state index contributed by atoms with van der Waals surface area (Å²) in [7, 11) is 1.94. The Morgan fingerprint density at radius 3 is 3.08 bits per heavy atom. The molecule has 1 aliphatic heterocycles. The van der Waals surface area contributed by atoms with Gasteiger partial charge in [0.05, 0.1) is 12.4 Å². The van der Waals surface area contributed by atoms with Gasteiger partial charge >= 0.3 is 0 Å². The highest BCUT2D eigenvalue weighted by molar-refractivity contribution is 5.26. The third-order valence-corrected chi connectivity index (χ3v) is 4.16. The quantitative estimate of drug-likeness (QED) is 0.714. The van der Waals surface area contributed by atoms with E-state index in [4.69, 9.17) is 9.26 Å². The number of nitrogens with zero attached hydrogens (tertiary/aromatic N) is 5. The minimum absolute atomic E-state index is 0.394. The molecule has 0 bridgehead atoms. The van der Waals surface area contributed by atoms with Crippen molar-refractivity contribution in [3.05, 3.63) is 59.5 Å². The molecule has 0 saturated carbocycles. The van der Waals surface area contributed by atoms with Crippen LogP contribution in [0, 0.1) is 0 Å². The molecule has 3 aromatic heterocycles. The zero-order chi connectivity index (χ0) is 16.4. The maximum absolute atomic E-state index is 5.76. The molecule has 0 radical (unpaired) electrons. The van der Waals surface area contributed by atoms with Crippen molar-refractivity contribution in [3.63, 3.8) is 0 Å². The number of pyridine rings is 1. The number of fused-ring (bicyclic) bond motifs is 1. The van der Waals surface area contributed by atoms with Gasteiger partial charge in [-0.25, -0.2) is 0 Å². The molecule has 7 heteroatoms. The van der Waals surface area contributed by atoms with E-state index >= 15 is 0 Å². The second kappa shape index (κ2) is 6.45. The molecule has 0 atom stereocenters. The van der Waals surface area contributed by atoms with Crippen molar-refractivity contribution < 1.29 is 9.26 Å². The lowest BCUT2D eigenvalue weighted by atomic mass is 10.1. The Balaban J connectivity index is 1.43. The summed E-state index contributed by atoms with van der Waals surface area (Å²) < 4.78 is 13.1. The summed E-state index contributed by atoms with van der Waals surface area (Å²) in [5, 5.41) is 8.43. The largest absolute Gasteiger partial charge is 0.486 e. The highest BCUT2D eigenvalue weighted by Crippen LogP contribution is 2.24. The SMILES string of the molecule is Cn1cc(CN2CCc3onc(COc4cccnc4)c3C2)cn1. The summed E-state index contributed by atoms with van der Waals surface area (Å²) in [6.45, 7) is 3.05. The van der Waals surface area contributed by atoms with Crippen LogP contribution in [0.5, 0.6) is 5.75 Å². The molecular formula is C17H19N5O2. The first kappa shape index (κ1) is 14.9. The average Bonchev–Trinajstić information content (AvgIpc) is 3.20. The van der Waals surface area contributed by atoms with Crippen LogP contribution >= 0.6 is 0 Å². The van der Waals surface area contributed by atoms with Crippen LogP contribution in [-0.4, -0.2) is 31.4 Å². The van der Waals surface area contributed by atoms with Crippen LogP contribution < -0.4 is 4.74 Å². The van der Waals surface area contributed by atoms with Crippen molar-refractivity contribution in [1.29, 1.82) is 0 Å². The predicted octanol–water partition coefficient (Wildman–Crippen LogP) is 1.94. The Bertz CT molecular complexity index is 812. The zero-order valence-corrected chi connectivity index (χ0v) is 13.6. The first-order valence-electron chi connectivity index (χ1n) is 7.97. The molecule has 0 N–H and O–H groups in total. The minimum atomic E-state index is 0.394. The Morgan fingerprint density at radius 2 is 2.29 bits per heavy atom. The highest BCUT2D eigenvalue weighted by atomic mass is 16.5. The number of hydrogen-bond donors (Lipinski definition) is 0. The van der Waals surface area contributed by atoms with E-state index in [9.17, 15) is 0 Å². The average molecular weight is 325 g/mol. The lowest BCUT2D eigenvalue weighted by Crippen LogP contribution is -2.29. The van der Waals surface area contributed by atoms with E-state index in [1.165, 1.54) is 5.56 Å². The van der Waals surface area contributed by atoms with E-state index in [1.807, 2.05) is 30.1 Å². The Labute approximate surface area is 139 Å². The van der Waals surface area contributed by atoms with Gasteiger partial charge in [-0.05, 0) is 12.1 Å².